The van der Waals surface area contributed by atoms with Crippen LogP contribution >= 0.6 is 23.1 Å². The first-order chi connectivity index (χ1) is 14.2. The van der Waals surface area contributed by atoms with Gasteiger partial charge in [0.2, 0.25) is 5.91 Å². The first kappa shape index (κ1) is 22.5. The van der Waals surface area contributed by atoms with Crippen molar-refractivity contribution in [2.45, 2.75) is 64.5 Å². The fraction of sp³-hybridized carbons (Fsp3) is 0.455. The van der Waals surface area contributed by atoms with E-state index in [4.69, 9.17) is 4.98 Å². The number of thiophene rings is 1. The lowest BCUT2D eigenvalue weighted by Crippen LogP contribution is -2.36. The van der Waals surface area contributed by atoms with Crippen molar-refractivity contribution < 1.29 is 4.79 Å². The Morgan fingerprint density at radius 1 is 1.27 bits per heavy atom. The molecule has 3 rings (SSSR count). The molecule has 8 heteroatoms. The van der Waals surface area contributed by atoms with Crippen LogP contribution in [-0.2, 0) is 11.3 Å². The van der Waals surface area contributed by atoms with Crippen LogP contribution in [0.1, 0.15) is 49.7 Å². The SMILES string of the molecule is Cc1sc2nc(SC(C(=O)NCc3cccnc3)C(C)C)n(C(C)C)c(=O)c2c1C. The molecule has 0 aliphatic carbocycles. The van der Waals surface area contributed by atoms with Gasteiger partial charge in [0.05, 0.1) is 10.6 Å². The highest BCUT2D eigenvalue weighted by molar-refractivity contribution is 8.00. The molecular formula is C22H28N4O2S2. The molecule has 0 fully saturated rings. The van der Waals surface area contributed by atoms with Crippen molar-refractivity contribution in [3.63, 3.8) is 0 Å². The molecular weight excluding hydrogens is 416 g/mol. The Balaban J connectivity index is 1.93. The first-order valence-corrected chi connectivity index (χ1v) is 11.8. The standard InChI is InChI=1S/C22H28N4O2S2/c1-12(2)18(19(27)24-11-16-8-7-9-23-10-16)30-22-25-20-17(14(5)15(6)29-20)21(28)26(22)13(3)4/h7-10,12-13,18H,11H2,1-6H3,(H,24,27). The molecule has 3 aromatic rings. The molecule has 30 heavy (non-hydrogen) atoms. The van der Waals surface area contributed by atoms with Gasteiger partial charge >= 0.3 is 0 Å². The lowest BCUT2D eigenvalue weighted by Gasteiger charge is -2.22. The van der Waals surface area contributed by atoms with Gasteiger partial charge in [-0.15, -0.1) is 11.3 Å². The van der Waals surface area contributed by atoms with Crippen molar-refractivity contribution in [2.75, 3.05) is 0 Å². The normalized spacial score (nSPS) is 12.7. The molecule has 1 N–H and O–H groups in total. The van der Waals surface area contributed by atoms with E-state index in [9.17, 15) is 9.59 Å². The fourth-order valence-electron chi connectivity index (χ4n) is 3.22. The molecule has 0 saturated heterocycles. The second-order valence-electron chi connectivity index (χ2n) is 7.99. The van der Waals surface area contributed by atoms with E-state index in [1.165, 1.54) is 23.1 Å². The zero-order valence-electron chi connectivity index (χ0n) is 18.2. The zero-order chi connectivity index (χ0) is 22.0. The third-order valence-electron chi connectivity index (χ3n) is 5.00. The Morgan fingerprint density at radius 3 is 2.60 bits per heavy atom. The molecule has 1 amide bonds. The predicted octanol–water partition coefficient (Wildman–Crippen LogP) is 4.48. The van der Waals surface area contributed by atoms with Crippen LogP contribution in [0, 0.1) is 19.8 Å². The van der Waals surface area contributed by atoms with Gasteiger partial charge in [-0.3, -0.25) is 19.1 Å². The smallest absolute Gasteiger partial charge is 0.263 e. The average Bonchev–Trinajstić information content (AvgIpc) is 2.98. The van der Waals surface area contributed by atoms with Crippen LogP contribution in [0.15, 0.2) is 34.5 Å². The number of carbonyl (C=O) groups is 1. The number of hydrogen-bond donors (Lipinski definition) is 1. The Kier molecular flexibility index (Phi) is 6.98. The van der Waals surface area contributed by atoms with Gasteiger partial charge < -0.3 is 5.32 Å². The summed E-state index contributed by atoms with van der Waals surface area (Å²) in [5.41, 5.74) is 1.91. The van der Waals surface area contributed by atoms with Crippen LogP contribution < -0.4 is 10.9 Å². The number of nitrogens with one attached hydrogen (secondary N) is 1. The first-order valence-electron chi connectivity index (χ1n) is 10.1. The summed E-state index contributed by atoms with van der Waals surface area (Å²) in [5.74, 6) is 0.00552. The van der Waals surface area contributed by atoms with E-state index in [0.717, 1.165) is 20.8 Å². The number of fused-ring (bicyclic) bond motifs is 1. The number of carbonyl (C=O) groups excluding carboxylic acids is 1. The number of aromatic nitrogens is 3. The summed E-state index contributed by atoms with van der Waals surface area (Å²) in [5, 5.41) is 3.93. The Morgan fingerprint density at radius 2 is 2.00 bits per heavy atom. The molecule has 0 spiro atoms. The molecule has 0 aliphatic heterocycles. The molecule has 1 unspecified atom stereocenters. The predicted molar refractivity (Wildman–Crippen MR) is 124 cm³/mol. The quantitative estimate of drug-likeness (QED) is 0.429. The monoisotopic (exact) mass is 444 g/mol. The van der Waals surface area contributed by atoms with Gasteiger partial charge in [-0.05, 0) is 50.8 Å². The molecule has 0 bridgehead atoms. The molecule has 3 aromatic heterocycles. The number of thioether (sulfide) groups is 1. The molecule has 3 heterocycles. The van der Waals surface area contributed by atoms with E-state index in [0.29, 0.717) is 17.1 Å². The van der Waals surface area contributed by atoms with E-state index in [-0.39, 0.29) is 28.7 Å². The van der Waals surface area contributed by atoms with E-state index in [1.807, 2.05) is 53.7 Å². The Hall–Kier alpha value is -2.19. The molecule has 160 valence electrons. The van der Waals surface area contributed by atoms with Gasteiger partial charge in [0.15, 0.2) is 5.16 Å². The van der Waals surface area contributed by atoms with E-state index in [2.05, 4.69) is 10.3 Å². The minimum Gasteiger partial charge on any atom is -0.351 e. The number of hydrogen-bond acceptors (Lipinski definition) is 6. The fourth-order valence-corrected chi connectivity index (χ4v) is 5.54. The summed E-state index contributed by atoms with van der Waals surface area (Å²) in [7, 11) is 0. The summed E-state index contributed by atoms with van der Waals surface area (Å²) in [6.45, 7) is 12.4. The molecule has 1 atom stereocenters. The maximum atomic E-state index is 13.3. The highest BCUT2D eigenvalue weighted by Gasteiger charge is 2.27. The van der Waals surface area contributed by atoms with Gasteiger partial charge in [0.25, 0.3) is 5.56 Å². The topological polar surface area (TPSA) is 76.9 Å². The number of pyridine rings is 1. The highest BCUT2D eigenvalue weighted by Crippen LogP contribution is 2.32. The van der Waals surface area contributed by atoms with Crippen LogP contribution in [0.3, 0.4) is 0 Å². The van der Waals surface area contributed by atoms with Gasteiger partial charge in [-0.25, -0.2) is 4.98 Å². The molecule has 0 saturated carbocycles. The van der Waals surface area contributed by atoms with Crippen molar-refractivity contribution in [3.05, 3.63) is 50.9 Å². The van der Waals surface area contributed by atoms with Crippen molar-refractivity contribution in [1.29, 1.82) is 0 Å². The lowest BCUT2D eigenvalue weighted by molar-refractivity contribution is -0.121. The maximum Gasteiger partial charge on any atom is 0.263 e. The van der Waals surface area contributed by atoms with Gasteiger partial charge in [0.1, 0.15) is 4.83 Å². The van der Waals surface area contributed by atoms with Crippen molar-refractivity contribution in [3.8, 4) is 0 Å². The van der Waals surface area contributed by atoms with E-state index in [1.54, 1.807) is 17.0 Å². The minimum atomic E-state index is -0.363. The zero-order valence-corrected chi connectivity index (χ0v) is 19.9. The van der Waals surface area contributed by atoms with Gasteiger partial charge in [0, 0.05) is 29.9 Å². The number of rotatable bonds is 7. The second kappa shape index (κ2) is 9.31. The summed E-state index contributed by atoms with van der Waals surface area (Å²) in [4.78, 5) is 37.0. The number of amides is 1. The molecule has 0 aliphatic rings. The van der Waals surface area contributed by atoms with Crippen molar-refractivity contribution in [2.24, 2.45) is 5.92 Å². The second-order valence-corrected chi connectivity index (χ2v) is 10.3. The minimum absolute atomic E-state index is 0.0300. The number of aryl methyl sites for hydroxylation is 2. The lowest BCUT2D eigenvalue weighted by atomic mass is 10.1. The van der Waals surface area contributed by atoms with Crippen LogP contribution in [0.2, 0.25) is 0 Å². The van der Waals surface area contributed by atoms with E-state index >= 15 is 0 Å². The van der Waals surface area contributed by atoms with Crippen molar-refractivity contribution >= 4 is 39.2 Å². The molecule has 0 aromatic carbocycles. The Labute approximate surface area is 185 Å². The van der Waals surface area contributed by atoms with Crippen molar-refractivity contribution in [1.82, 2.24) is 19.9 Å². The third-order valence-corrected chi connectivity index (χ3v) is 7.62. The summed E-state index contributed by atoms with van der Waals surface area (Å²) >= 11 is 2.90. The maximum absolute atomic E-state index is 13.3. The summed E-state index contributed by atoms with van der Waals surface area (Å²) in [6.07, 6.45) is 3.45. The summed E-state index contributed by atoms with van der Waals surface area (Å²) < 4.78 is 1.72. The highest BCUT2D eigenvalue weighted by atomic mass is 32.2. The number of nitrogens with zero attached hydrogens (tertiary/aromatic N) is 3. The molecule has 0 radical (unpaired) electrons. The van der Waals surface area contributed by atoms with E-state index < -0.39 is 0 Å². The molecule has 6 nitrogen and oxygen atoms in total. The summed E-state index contributed by atoms with van der Waals surface area (Å²) in [6, 6.07) is 3.72. The van der Waals surface area contributed by atoms with Gasteiger partial charge in [-0.2, -0.15) is 0 Å². The Bertz CT molecular complexity index is 1100. The van der Waals surface area contributed by atoms with Gasteiger partial charge in [-0.1, -0.05) is 31.7 Å². The largest absolute Gasteiger partial charge is 0.351 e. The van der Waals surface area contributed by atoms with Crippen LogP contribution in [0.4, 0.5) is 0 Å². The van der Waals surface area contributed by atoms with Crippen LogP contribution in [-0.4, -0.2) is 25.7 Å². The average molecular weight is 445 g/mol. The van der Waals surface area contributed by atoms with Crippen LogP contribution in [0.5, 0.6) is 0 Å². The third kappa shape index (κ3) is 4.59. The van der Waals surface area contributed by atoms with Crippen LogP contribution in [0.25, 0.3) is 10.2 Å².